The summed E-state index contributed by atoms with van der Waals surface area (Å²) in [4.78, 5) is 26.9. The maximum atomic E-state index is 11.3. The Hall–Kier alpha value is -2.34. The third-order valence-electron chi connectivity index (χ3n) is 2.53. The van der Waals surface area contributed by atoms with Gasteiger partial charge in [0.1, 0.15) is 5.69 Å². The van der Waals surface area contributed by atoms with Crippen LogP contribution in [0.15, 0.2) is 39.9 Å². The van der Waals surface area contributed by atoms with Gasteiger partial charge in [-0.3, -0.25) is 9.78 Å². The van der Waals surface area contributed by atoms with Gasteiger partial charge in [-0.1, -0.05) is 30.3 Å². The molecule has 0 atom stereocenters. The first-order valence-corrected chi connectivity index (χ1v) is 5.52. The SMILES string of the molecule is Nc1c(CNCc2ccccc2)[nH]c(=O)[nH]c1=O. The third kappa shape index (κ3) is 2.86. The third-order valence-corrected chi connectivity index (χ3v) is 2.53. The fourth-order valence-corrected chi connectivity index (χ4v) is 1.61. The topological polar surface area (TPSA) is 104 Å². The molecule has 2 aromatic rings. The number of aromatic nitrogens is 2. The molecule has 0 radical (unpaired) electrons. The summed E-state index contributed by atoms with van der Waals surface area (Å²) in [6.45, 7) is 0.967. The number of H-pyrrole nitrogens is 2. The van der Waals surface area contributed by atoms with Crippen molar-refractivity contribution in [3.8, 4) is 0 Å². The number of hydrogen-bond donors (Lipinski definition) is 4. The number of aromatic amines is 2. The Balaban J connectivity index is 2.03. The minimum Gasteiger partial charge on any atom is -0.393 e. The van der Waals surface area contributed by atoms with E-state index in [0.29, 0.717) is 18.8 Å². The van der Waals surface area contributed by atoms with E-state index in [-0.39, 0.29) is 5.69 Å². The standard InChI is InChI=1S/C12H14N4O2/c13-10-9(15-12(18)16-11(10)17)7-14-6-8-4-2-1-3-5-8/h1-5,14H,6-7,13H2,(H2,15,16,17,18). The van der Waals surface area contributed by atoms with Crippen molar-refractivity contribution in [3.05, 3.63) is 62.4 Å². The Bertz CT molecular complexity index is 631. The van der Waals surface area contributed by atoms with Crippen LogP contribution < -0.4 is 22.3 Å². The van der Waals surface area contributed by atoms with Crippen molar-refractivity contribution in [2.75, 3.05) is 5.73 Å². The summed E-state index contributed by atoms with van der Waals surface area (Å²) in [6, 6.07) is 9.80. The normalized spacial score (nSPS) is 10.4. The lowest BCUT2D eigenvalue weighted by molar-refractivity contribution is 0.675. The van der Waals surface area contributed by atoms with Crippen molar-refractivity contribution in [2.45, 2.75) is 13.1 Å². The van der Waals surface area contributed by atoms with Crippen LogP contribution in [-0.2, 0) is 13.1 Å². The van der Waals surface area contributed by atoms with Gasteiger partial charge in [-0.25, -0.2) is 4.79 Å². The number of anilines is 1. The second kappa shape index (κ2) is 5.33. The van der Waals surface area contributed by atoms with Gasteiger partial charge in [-0.2, -0.15) is 0 Å². The monoisotopic (exact) mass is 246 g/mol. The molecule has 94 valence electrons. The predicted molar refractivity (Wildman–Crippen MR) is 69.1 cm³/mol. The van der Waals surface area contributed by atoms with Crippen LogP contribution >= 0.6 is 0 Å². The first-order valence-electron chi connectivity index (χ1n) is 5.52. The molecule has 0 aliphatic carbocycles. The van der Waals surface area contributed by atoms with Crippen molar-refractivity contribution >= 4 is 5.69 Å². The van der Waals surface area contributed by atoms with E-state index >= 15 is 0 Å². The molecule has 18 heavy (non-hydrogen) atoms. The molecular formula is C12H14N4O2. The average molecular weight is 246 g/mol. The summed E-state index contributed by atoms with van der Waals surface area (Å²) in [7, 11) is 0. The van der Waals surface area contributed by atoms with E-state index in [9.17, 15) is 9.59 Å². The first-order chi connectivity index (χ1) is 8.66. The average Bonchev–Trinajstić information content (AvgIpc) is 2.36. The van der Waals surface area contributed by atoms with Gasteiger partial charge >= 0.3 is 5.69 Å². The second-order valence-corrected chi connectivity index (χ2v) is 3.89. The molecule has 1 heterocycles. The van der Waals surface area contributed by atoms with Crippen molar-refractivity contribution < 1.29 is 0 Å². The van der Waals surface area contributed by atoms with E-state index in [0.717, 1.165) is 5.56 Å². The quantitative estimate of drug-likeness (QED) is 0.606. The predicted octanol–water partition coefficient (Wildman–Crippen LogP) is -0.0648. The number of rotatable bonds is 4. The molecule has 0 amide bonds. The molecule has 0 saturated carbocycles. The molecule has 1 aromatic carbocycles. The number of nitrogens with one attached hydrogen (secondary N) is 3. The van der Waals surface area contributed by atoms with E-state index < -0.39 is 11.2 Å². The summed E-state index contributed by atoms with van der Waals surface area (Å²) in [5.41, 5.74) is 6.02. The highest BCUT2D eigenvalue weighted by atomic mass is 16.2. The molecule has 0 saturated heterocycles. The van der Waals surface area contributed by atoms with Crippen LogP contribution in [-0.4, -0.2) is 9.97 Å². The largest absolute Gasteiger partial charge is 0.393 e. The first kappa shape index (κ1) is 12.1. The minimum atomic E-state index is -0.560. The van der Waals surface area contributed by atoms with Crippen LogP contribution in [0.2, 0.25) is 0 Å². The van der Waals surface area contributed by atoms with E-state index in [2.05, 4.69) is 15.3 Å². The van der Waals surface area contributed by atoms with Crippen molar-refractivity contribution in [3.63, 3.8) is 0 Å². The van der Waals surface area contributed by atoms with Crippen LogP contribution in [0.25, 0.3) is 0 Å². The Morgan fingerprint density at radius 2 is 1.78 bits per heavy atom. The lowest BCUT2D eigenvalue weighted by Crippen LogP contribution is -2.29. The highest BCUT2D eigenvalue weighted by molar-refractivity contribution is 5.39. The highest BCUT2D eigenvalue weighted by Crippen LogP contribution is 2.00. The maximum absolute atomic E-state index is 11.3. The Morgan fingerprint density at radius 3 is 2.50 bits per heavy atom. The fourth-order valence-electron chi connectivity index (χ4n) is 1.61. The van der Waals surface area contributed by atoms with E-state index in [1.54, 1.807) is 0 Å². The van der Waals surface area contributed by atoms with E-state index in [1.807, 2.05) is 30.3 Å². The Labute approximate surface area is 103 Å². The molecule has 6 heteroatoms. The molecular weight excluding hydrogens is 232 g/mol. The van der Waals surface area contributed by atoms with Crippen LogP contribution in [0.4, 0.5) is 5.69 Å². The molecule has 2 rings (SSSR count). The molecule has 1 aromatic heterocycles. The van der Waals surface area contributed by atoms with Gasteiger partial charge in [0.2, 0.25) is 0 Å². The second-order valence-electron chi connectivity index (χ2n) is 3.89. The van der Waals surface area contributed by atoms with Crippen molar-refractivity contribution in [2.24, 2.45) is 0 Å². The molecule has 5 N–H and O–H groups in total. The zero-order valence-electron chi connectivity index (χ0n) is 9.69. The molecule has 0 fully saturated rings. The Morgan fingerprint density at radius 1 is 1.06 bits per heavy atom. The summed E-state index contributed by atoms with van der Waals surface area (Å²) in [5.74, 6) is 0. The molecule has 0 aliphatic heterocycles. The van der Waals surface area contributed by atoms with Gasteiger partial charge in [-0.15, -0.1) is 0 Å². The summed E-state index contributed by atoms with van der Waals surface area (Å²) < 4.78 is 0. The van der Waals surface area contributed by atoms with Crippen LogP contribution in [0, 0.1) is 0 Å². The van der Waals surface area contributed by atoms with Gasteiger partial charge in [0.25, 0.3) is 5.56 Å². The van der Waals surface area contributed by atoms with Crippen molar-refractivity contribution in [1.29, 1.82) is 0 Å². The summed E-state index contributed by atoms with van der Waals surface area (Å²) >= 11 is 0. The van der Waals surface area contributed by atoms with Crippen LogP contribution in [0.5, 0.6) is 0 Å². The molecule has 6 nitrogen and oxygen atoms in total. The maximum Gasteiger partial charge on any atom is 0.326 e. The summed E-state index contributed by atoms with van der Waals surface area (Å²) in [5, 5.41) is 3.11. The number of nitrogen functional groups attached to an aromatic ring is 1. The van der Waals surface area contributed by atoms with Crippen molar-refractivity contribution in [1.82, 2.24) is 15.3 Å². The van der Waals surface area contributed by atoms with Gasteiger partial charge in [0.05, 0.1) is 5.69 Å². The van der Waals surface area contributed by atoms with Crippen LogP contribution in [0.1, 0.15) is 11.3 Å². The number of benzene rings is 1. The molecule has 0 aliphatic rings. The molecule has 0 unspecified atom stereocenters. The molecule has 0 bridgehead atoms. The Kier molecular flexibility index (Phi) is 3.59. The van der Waals surface area contributed by atoms with Gasteiger partial charge < -0.3 is 16.0 Å². The zero-order valence-corrected chi connectivity index (χ0v) is 9.69. The molecule has 0 spiro atoms. The minimum absolute atomic E-state index is 0.0372. The summed E-state index contributed by atoms with van der Waals surface area (Å²) in [6.07, 6.45) is 0. The van der Waals surface area contributed by atoms with Gasteiger partial charge in [0, 0.05) is 13.1 Å². The highest BCUT2D eigenvalue weighted by Gasteiger charge is 2.04. The van der Waals surface area contributed by atoms with Crippen LogP contribution in [0.3, 0.4) is 0 Å². The number of hydrogen-bond acceptors (Lipinski definition) is 4. The fraction of sp³-hybridized carbons (Fsp3) is 0.167. The number of nitrogens with two attached hydrogens (primary N) is 1. The lowest BCUT2D eigenvalue weighted by Gasteiger charge is -2.06. The van der Waals surface area contributed by atoms with Gasteiger partial charge in [0.15, 0.2) is 0 Å². The zero-order chi connectivity index (χ0) is 13.0. The van der Waals surface area contributed by atoms with E-state index in [1.165, 1.54) is 0 Å². The lowest BCUT2D eigenvalue weighted by atomic mass is 10.2. The van der Waals surface area contributed by atoms with Gasteiger partial charge in [-0.05, 0) is 5.56 Å². The van der Waals surface area contributed by atoms with E-state index in [4.69, 9.17) is 5.73 Å². The smallest absolute Gasteiger partial charge is 0.326 e.